The van der Waals surface area contributed by atoms with E-state index in [-0.39, 0.29) is 29.7 Å². The van der Waals surface area contributed by atoms with E-state index in [4.69, 9.17) is 10.5 Å². The Balaban J connectivity index is 1.86. The van der Waals surface area contributed by atoms with E-state index < -0.39 is 77.6 Å². The van der Waals surface area contributed by atoms with Gasteiger partial charge in [-0.3, -0.25) is 4.90 Å². The van der Waals surface area contributed by atoms with Crippen LogP contribution in [-0.4, -0.2) is 29.2 Å². The number of alkyl halides is 9. The van der Waals surface area contributed by atoms with Crippen molar-refractivity contribution in [1.29, 1.82) is 0 Å². The lowest BCUT2D eigenvalue weighted by Crippen LogP contribution is -2.51. The minimum atomic E-state index is -5.17. The number of ether oxygens (including phenoxy) is 1. The molecule has 1 saturated carbocycles. The summed E-state index contributed by atoms with van der Waals surface area (Å²) in [6.45, 7) is 2.27. The fourth-order valence-electron chi connectivity index (χ4n) is 5.18. The standard InChI is InChI=1S/C27H26F9N3O3/c1-13(2)42-24(41)39-20-6-5-16(25(28,29)30)10-19(20)22(11-21(39)15-3-4-15)38(23(37)40)12-14-7-17(26(31,32)33)9-18(8-14)27(34,35)36/h5-10,13,15,21-22H,3-4,11-12H2,1-2H3,(H2,37,40)/t21-,22-/m0/s1. The zero-order valence-corrected chi connectivity index (χ0v) is 22.2. The van der Waals surface area contributed by atoms with Gasteiger partial charge in [0.1, 0.15) is 0 Å². The lowest BCUT2D eigenvalue weighted by atomic mass is 9.86. The summed E-state index contributed by atoms with van der Waals surface area (Å²) in [5.41, 5.74) is 0.334. The predicted molar refractivity (Wildman–Crippen MR) is 131 cm³/mol. The van der Waals surface area contributed by atoms with E-state index in [0.717, 1.165) is 17.0 Å². The van der Waals surface area contributed by atoms with Crippen LogP contribution in [0.1, 0.15) is 67.0 Å². The van der Waals surface area contributed by atoms with E-state index >= 15 is 0 Å². The van der Waals surface area contributed by atoms with Gasteiger partial charge in [0.25, 0.3) is 0 Å². The summed E-state index contributed by atoms with van der Waals surface area (Å²) in [7, 11) is 0. The zero-order chi connectivity index (χ0) is 31.4. The van der Waals surface area contributed by atoms with Gasteiger partial charge in [-0.15, -0.1) is 0 Å². The number of halogens is 9. The molecule has 1 heterocycles. The summed E-state index contributed by atoms with van der Waals surface area (Å²) < 4.78 is 127. The number of hydrogen-bond donors (Lipinski definition) is 1. The molecule has 0 saturated heterocycles. The number of nitrogens with zero attached hydrogens (tertiary/aromatic N) is 2. The van der Waals surface area contributed by atoms with Crippen molar-refractivity contribution >= 4 is 17.8 Å². The van der Waals surface area contributed by atoms with Crippen LogP contribution in [0.4, 0.5) is 54.8 Å². The second-order valence-corrected chi connectivity index (χ2v) is 10.6. The molecular formula is C27H26F9N3O3. The van der Waals surface area contributed by atoms with Crippen LogP contribution in [0.25, 0.3) is 0 Å². The summed E-state index contributed by atoms with van der Waals surface area (Å²) in [6, 6.07) is -0.0755. The Labute approximate surface area is 234 Å². The topological polar surface area (TPSA) is 75.9 Å². The Bertz CT molecular complexity index is 1320. The van der Waals surface area contributed by atoms with Gasteiger partial charge < -0.3 is 15.4 Å². The predicted octanol–water partition coefficient (Wildman–Crippen LogP) is 7.90. The minimum Gasteiger partial charge on any atom is -0.446 e. The van der Waals surface area contributed by atoms with Crippen molar-refractivity contribution < 1.29 is 53.8 Å². The average Bonchev–Trinajstić information content (AvgIpc) is 3.69. The fraction of sp³-hybridized carbons (Fsp3) is 0.481. The molecule has 0 bridgehead atoms. The highest BCUT2D eigenvalue weighted by molar-refractivity contribution is 5.91. The lowest BCUT2D eigenvalue weighted by molar-refractivity contribution is -0.143. The number of anilines is 1. The van der Waals surface area contributed by atoms with Crippen LogP contribution in [0.3, 0.4) is 0 Å². The molecule has 0 unspecified atom stereocenters. The third kappa shape index (κ3) is 6.70. The van der Waals surface area contributed by atoms with Gasteiger partial charge in [0.05, 0.1) is 34.5 Å². The van der Waals surface area contributed by atoms with E-state index in [1.807, 2.05) is 0 Å². The summed E-state index contributed by atoms with van der Waals surface area (Å²) >= 11 is 0. The molecule has 1 aliphatic heterocycles. The lowest BCUT2D eigenvalue weighted by Gasteiger charge is -2.44. The third-order valence-corrected chi connectivity index (χ3v) is 7.13. The molecule has 2 aromatic carbocycles. The molecular weight excluding hydrogens is 585 g/mol. The van der Waals surface area contributed by atoms with Crippen molar-refractivity contribution in [1.82, 2.24) is 4.90 Å². The quantitative estimate of drug-likeness (QED) is 0.350. The number of amides is 3. The normalized spacial score (nSPS) is 19.5. The van der Waals surface area contributed by atoms with Crippen LogP contribution in [0.2, 0.25) is 0 Å². The van der Waals surface area contributed by atoms with E-state index in [9.17, 15) is 49.1 Å². The number of carbonyl (C=O) groups excluding carboxylic acids is 2. The molecule has 1 aliphatic carbocycles. The number of urea groups is 1. The molecule has 2 aromatic rings. The maximum Gasteiger partial charge on any atom is 0.416 e. The average molecular weight is 612 g/mol. The largest absolute Gasteiger partial charge is 0.446 e. The van der Waals surface area contributed by atoms with Crippen molar-refractivity contribution in [2.75, 3.05) is 4.90 Å². The number of primary amides is 1. The Morgan fingerprint density at radius 1 is 0.905 bits per heavy atom. The highest BCUT2D eigenvalue weighted by Gasteiger charge is 2.48. The van der Waals surface area contributed by atoms with Crippen LogP contribution in [0.15, 0.2) is 36.4 Å². The minimum absolute atomic E-state index is 0.0342. The van der Waals surface area contributed by atoms with Gasteiger partial charge in [-0.25, -0.2) is 9.59 Å². The summed E-state index contributed by atoms with van der Waals surface area (Å²) in [4.78, 5) is 27.7. The van der Waals surface area contributed by atoms with Crippen LogP contribution in [0.5, 0.6) is 0 Å². The van der Waals surface area contributed by atoms with Gasteiger partial charge in [0, 0.05) is 12.6 Å². The van der Waals surface area contributed by atoms with Gasteiger partial charge in [-0.1, -0.05) is 0 Å². The van der Waals surface area contributed by atoms with Gasteiger partial charge in [-0.2, -0.15) is 39.5 Å². The smallest absolute Gasteiger partial charge is 0.416 e. The zero-order valence-electron chi connectivity index (χ0n) is 22.2. The number of benzene rings is 2. The maximum atomic E-state index is 13.7. The highest BCUT2D eigenvalue weighted by atomic mass is 19.4. The summed E-state index contributed by atoms with van der Waals surface area (Å²) in [6.07, 6.45) is -15.5. The maximum absolute atomic E-state index is 13.7. The van der Waals surface area contributed by atoms with Crippen molar-refractivity contribution in [3.05, 3.63) is 64.2 Å². The van der Waals surface area contributed by atoms with Gasteiger partial charge in [-0.05, 0) is 86.6 Å². The first kappa shape index (κ1) is 31.3. The molecule has 0 aromatic heterocycles. The van der Waals surface area contributed by atoms with Crippen molar-refractivity contribution in [2.45, 2.75) is 76.4 Å². The van der Waals surface area contributed by atoms with Gasteiger partial charge in [0.15, 0.2) is 0 Å². The molecule has 2 aliphatic rings. The van der Waals surface area contributed by atoms with E-state index in [1.165, 1.54) is 4.90 Å². The summed E-state index contributed by atoms with van der Waals surface area (Å²) in [5.74, 6) is -0.136. The van der Waals surface area contributed by atoms with Gasteiger partial charge >= 0.3 is 30.7 Å². The van der Waals surface area contributed by atoms with Crippen molar-refractivity contribution in [3.8, 4) is 0 Å². The molecule has 4 rings (SSSR count). The number of fused-ring (bicyclic) bond motifs is 1. The van der Waals surface area contributed by atoms with E-state index in [1.54, 1.807) is 13.8 Å². The fourth-order valence-corrected chi connectivity index (χ4v) is 5.18. The number of rotatable bonds is 5. The Hall–Kier alpha value is -3.65. The Morgan fingerprint density at radius 3 is 1.90 bits per heavy atom. The molecule has 6 nitrogen and oxygen atoms in total. The summed E-state index contributed by atoms with van der Waals surface area (Å²) in [5, 5.41) is 0. The first-order valence-corrected chi connectivity index (χ1v) is 12.8. The second kappa shape index (κ2) is 10.9. The molecule has 2 N–H and O–H groups in total. The van der Waals surface area contributed by atoms with Crippen LogP contribution in [0, 0.1) is 5.92 Å². The Kier molecular flexibility index (Phi) is 8.11. The van der Waals surface area contributed by atoms with Crippen LogP contribution < -0.4 is 10.6 Å². The molecule has 2 atom stereocenters. The monoisotopic (exact) mass is 611 g/mol. The first-order valence-electron chi connectivity index (χ1n) is 12.8. The van der Waals surface area contributed by atoms with E-state index in [0.29, 0.717) is 31.0 Å². The highest BCUT2D eigenvalue weighted by Crippen LogP contribution is 2.50. The number of hydrogen-bond acceptors (Lipinski definition) is 3. The third-order valence-electron chi connectivity index (χ3n) is 7.13. The molecule has 230 valence electrons. The molecule has 3 amide bonds. The number of nitrogens with two attached hydrogens (primary N) is 1. The number of carbonyl (C=O) groups is 2. The SMILES string of the molecule is CC(C)OC(=O)N1c2ccc(C(F)(F)F)cc2[C@@H](N(Cc2cc(C(F)(F)F)cc(C(F)(F)F)c2)C(N)=O)C[C@H]1C1CC1. The first-order chi connectivity index (χ1) is 19.3. The molecule has 0 spiro atoms. The molecule has 0 radical (unpaired) electrons. The van der Waals surface area contributed by atoms with Gasteiger partial charge in [0.2, 0.25) is 0 Å². The molecule has 1 fully saturated rings. The molecule has 15 heteroatoms. The van der Waals surface area contributed by atoms with E-state index in [2.05, 4.69) is 0 Å². The van der Waals surface area contributed by atoms with Crippen molar-refractivity contribution in [3.63, 3.8) is 0 Å². The Morgan fingerprint density at radius 2 is 1.45 bits per heavy atom. The van der Waals surface area contributed by atoms with Crippen molar-refractivity contribution in [2.24, 2.45) is 11.7 Å². The van der Waals surface area contributed by atoms with Crippen LogP contribution in [-0.2, 0) is 29.8 Å². The van der Waals surface area contributed by atoms with Crippen LogP contribution >= 0.6 is 0 Å². The second-order valence-electron chi connectivity index (χ2n) is 10.6. The molecule has 42 heavy (non-hydrogen) atoms.